The van der Waals surface area contributed by atoms with Gasteiger partial charge in [0.15, 0.2) is 0 Å². The van der Waals surface area contributed by atoms with Gasteiger partial charge in [-0.25, -0.2) is 4.79 Å². The Morgan fingerprint density at radius 3 is 2.03 bits per heavy atom. The number of hydrogen-bond donors (Lipinski definition) is 1. The van der Waals surface area contributed by atoms with Gasteiger partial charge in [-0.15, -0.1) is 0 Å². The number of ether oxygens (including phenoxy) is 3. The van der Waals surface area contributed by atoms with Gasteiger partial charge in [-0.2, -0.15) is 4.39 Å². The van der Waals surface area contributed by atoms with Crippen LogP contribution in [0.15, 0.2) is 64.3 Å². The first-order valence-electron chi connectivity index (χ1n) is 10.7. The molecule has 1 aromatic heterocycles. The number of aromatic amines is 1. The number of H-pyrrole nitrogens is 1. The second-order valence-corrected chi connectivity index (χ2v) is 8.56. The highest BCUT2D eigenvalue weighted by molar-refractivity contribution is 7.42. The fraction of sp³-hybridized carbons (Fsp3) is 0.304. The Bertz CT molecular complexity index is 1180. The maximum absolute atomic E-state index is 13.6. The fourth-order valence-electron chi connectivity index (χ4n) is 3.35. The first-order valence-corrected chi connectivity index (χ1v) is 11.8. The minimum atomic E-state index is -1.88. The quantitative estimate of drug-likeness (QED) is 0.414. The molecule has 1 aliphatic rings. The Morgan fingerprint density at radius 2 is 1.49 bits per heavy atom. The van der Waals surface area contributed by atoms with Crippen LogP contribution in [-0.2, 0) is 9.26 Å². The Labute approximate surface area is 201 Å². The van der Waals surface area contributed by atoms with Crippen molar-refractivity contribution < 1.29 is 32.2 Å². The van der Waals surface area contributed by atoms with Crippen LogP contribution in [0.3, 0.4) is 0 Å². The van der Waals surface area contributed by atoms with E-state index in [2.05, 4.69) is 0 Å². The lowest BCUT2D eigenvalue weighted by atomic mass is 10.2. The molecule has 0 saturated carbocycles. The zero-order chi connectivity index (χ0) is 24.8. The first kappa shape index (κ1) is 24.7. The minimum absolute atomic E-state index is 0.106. The topological polar surface area (TPSA) is 110 Å². The zero-order valence-electron chi connectivity index (χ0n) is 19.0. The van der Waals surface area contributed by atoms with Crippen molar-refractivity contribution in [3.8, 4) is 23.0 Å². The van der Waals surface area contributed by atoms with Gasteiger partial charge in [-0.1, -0.05) is 0 Å². The van der Waals surface area contributed by atoms with E-state index in [1.54, 1.807) is 62.8 Å². The van der Waals surface area contributed by atoms with Crippen LogP contribution in [0.5, 0.6) is 23.0 Å². The number of aromatic nitrogens is 2. The smallest absolute Gasteiger partial charge is 0.463 e. The number of halogens is 1. The van der Waals surface area contributed by atoms with E-state index < -0.39 is 38.0 Å². The molecule has 1 fully saturated rings. The van der Waals surface area contributed by atoms with Crippen molar-refractivity contribution in [1.82, 2.24) is 9.55 Å². The molecule has 2 unspecified atom stereocenters. The van der Waals surface area contributed by atoms with E-state index in [-0.39, 0.29) is 6.61 Å². The van der Waals surface area contributed by atoms with Crippen LogP contribution in [0.4, 0.5) is 4.39 Å². The lowest BCUT2D eigenvalue weighted by Gasteiger charge is -2.20. The number of nitrogens with one attached hydrogen (secondary N) is 1. The van der Waals surface area contributed by atoms with Crippen molar-refractivity contribution in [3.63, 3.8) is 0 Å². The monoisotopic (exact) mass is 506 g/mol. The molecule has 35 heavy (non-hydrogen) atoms. The van der Waals surface area contributed by atoms with Crippen molar-refractivity contribution in [3.05, 3.63) is 81.4 Å². The third-order valence-corrected chi connectivity index (χ3v) is 6.24. The van der Waals surface area contributed by atoms with E-state index in [4.69, 9.17) is 27.8 Å². The molecule has 0 bridgehead atoms. The van der Waals surface area contributed by atoms with Crippen LogP contribution >= 0.6 is 8.60 Å². The van der Waals surface area contributed by atoms with Gasteiger partial charge in [0.05, 0.1) is 33.1 Å². The summed E-state index contributed by atoms with van der Waals surface area (Å²) in [5.41, 5.74) is -1.81. The molecule has 186 valence electrons. The van der Waals surface area contributed by atoms with Crippen molar-refractivity contribution in [2.75, 3.05) is 20.8 Å². The molecule has 0 radical (unpaired) electrons. The number of rotatable bonds is 10. The Morgan fingerprint density at radius 1 is 0.943 bits per heavy atom. The summed E-state index contributed by atoms with van der Waals surface area (Å²) in [4.78, 5) is 25.2. The van der Waals surface area contributed by atoms with Gasteiger partial charge in [0.1, 0.15) is 29.2 Å². The van der Waals surface area contributed by atoms with E-state index in [1.165, 1.54) is 0 Å². The first-order chi connectivity index (χ1) is 16.9. The summed E-state index contributed by atoms with van der Waals surface area (Å²) in [5, 5.41) is 0. The summed E-state index contributed by atoms with van der Waals surface area (Å²) in [5.74, 6) is 1.34. The predicted molar refractivity (Wildman–Crippen MR) is 125 cm³/mol. The number of nitrogens with zero attached hydrogens (tertiary/aromatic N) is 1. The summed E-state index contributed by atoms with van der Waals surface area (Å²) in [6.45, 7) is 0.106. The average Bonchev–Trinajstić information content (AvgIpc) is 3.34. The highest BCUT2D eigenvalue weighted by atomic mass is 31.2. The maximum atomic E-state index is 13.6. The summed E-state index contributed by atoms with van der Waals surface area (Å²) < 4.78 is 48.6. The zero-order valence-corrected chi connectivity index (χ0v) is 19.9. The molecule has 0 aliphatic carbocycles. The van der Waals surface area contributed by atoms with Gasteiger partial charge in [0.2, 0.25) is 5.82 Å². The number of benzene rings is 2. The van der Waals surface area contributed by atoms with Crippen LogP contribution in [-0.4, -0.2) is 36.5 Å². The number of methoxy groups -OCH3 is 2. The Balaban J connectivity index is 1.41. The second kappa shape index (κ2) is 11.4. The molecule has 12 heteroatoms. The molecule has 0 spiro atoms. The molecular weight excluding hydrogens is 482 g/mol. The lowest BCUT2D eigenvalue weighted by Crippen LogP contribution is -2.34. The second-order valence-electron chi connectivity index (χ2n) is 7.49. The molecular formula is C23H24FN2O8P. The van der Waals surface area contributed by atoms with Gasteiger partial charge < -0.3 is 23.3 Å². The van der Waals surface area contributed by atoms with E-state index in [1.807, 2.05) is 4.98 Å². The van der Waals surface area contributed by atoms with Crippen molar-refractivity contribution >= 4 is 8.60 Å². The van der Waals surface area contributed by atoms with Gasteiger partial charge in [-0.05, 0) is 61.4 Å². The third-order valence-electron chi connectivity index (χ3n) is 5.16. The van der Waals surface area contributed by atoms with E-state index >= 15 is 0 Å². The largest absolute Gasteiger partial charge is 0.497 e. The minimum Gasteiger partial charge on any atom is -0.497 e. The van der Waals surface area contributed by atoms with E-state index in [9.17, 15) is 14.0 Å². The van der Waals surface area contributed by atoms with E-state index in [0.717, 1.165) is 10.8 Å². The summed E-state index contributed by atoms with van der Waals surface area (Å²) in [7, 11) is 1.27. The van der Waals surface area contributed by atoms with Gasteiger partial charge >= 0.3 is 14.3 Å². The SMILES string of the molecule is COc1ccc(OP(OCC2CCC(n3cc(F)c(=O)[nH]c3=O)O2)Oc2ccc(OC)cc2)cc1. The molecule has 2 heterocycles. The van der Waals surface area contributed by atoms with E-state index in [0.29, 0.717) is 35.8 Å². The molecule has 1 saturated heterocycles. The highest BCUT2D eigenvalue weighted by Crippen LogP contribution is 2.43. The van der Waals surface area contributed by atoms with Gasteiger partial charge in [0, 0.05) is 0 Å². The van der Waals surface area contributed by atoms with Gasteiger partial charge in [0.25, 0.3) is 5.56 Å². The Hall–Kier alpha value is -3.40. The average molecular weight is 506 g/mol. The van der Waals surface area contributed by atoms with Crippen LogP contribution in [0, 0.1) is 5.82 Å². The Kier molecular flexibility index (Phi) is 8.02. The van der Waals surface area contributed by atoms with Crippen molar-refractivity contribution in [1.29, 1.82) is 0 Å². The summed E-state index contributed by atoms with van der Waals surface area (Å²) >= 11 is 0. The summed E-state index contributed by atoms with van der Waals surface area (Å²) in [6.07, 6.45) is 0.716. The lowest BCUT2D eigenvalue weighted by molar-refractivity contribution is -0.0215. The molecule has 1 N–H and O–H groups in total. The normalized spacial score (nSPS) is 17.4. The molecule has 4 rings (SSSR count). The molecule has 0 amide bonds. The van der Waals surface area contributed by atoms with Crippen LogP contribution in [0.1, 0.15) is 19.1 Å². The van der Waals surface area contributed by atoms with Crippen molar-refractivity contribution in [2.45, 2.75) is 25.2 Å². The van der Waals surface area contributed by atoms with Gasteiger partial charge in [-0.3, -0.25) is 18.9 Å². The van der Waals surface area contributed by atoms with Crippen LogP contribution in [0.2, 0.25) is 0 Å². The standard InChI is InChI=1S/C23H24FN2O8P/c1-29-15-3-7-17(8-4-15)33-35(34-18-9-5-16(30-2)6-10-18)31-14-19-11-12-21(32-19)26-13-20(24)22(27)25-23(26)28/h3-10,13,19,21H,11-12,14H2,1-2H3,(H,25,27,28). The molecule has 2 atom stereocenters. The maximum Gasteiger partial charge on any atom is 0.463 e. The molecule has 3 aromatic rings. The molecule has 2 aromatic carbocycles. The van der Waals surface area contributed by atoms with Crippen LogP contribution < -0.4 is 29.8 Å². The third kappa shape index (κ3) is 6.39. The fourth-order valence-corrected chi connectivity index (χ4v) is 4.37. The van der Waals surface area contributed by atoms with Crippen LogP contribution in [0.25, 0.3) is 0 Å². The summed E-state index contributed by atoms with van der Waals surface area (Å²) in [6, 6.07) is 13.9. The van der Waals surface area contributed by atoms with Crippen molar-refractivity contribution in [2.24, 2.45) is 0 Å². The molecule has 1 aliphatic heterocycles. The molecule has 10 nitrogen and oxygen atoms in total. The number of hydrogen-bond acceptors (Lipinski definition) is 8. The predicted octanol–water partition coefficient (Wildman–Crippen LogP) is 3.77. The highest BCUT2D eigenvalue weighted by Gasteiger charge is 2.30.